The molecule has 0 unspecified atom stereocenters. The highest BCUT2D eigenvalue weighted by molar-refractivity contribution is 5.93. The number of alkyl halides is 3. The zero-order valence-corrected chi connectivity index (χ0v) is 18.7. The quantitative estimate of drug-likeness (QED) is 0.344. The first kappa shape index (κ1) is 22.5. The van der Waals surface area contributed by atoms with Crippen LogP contribution in [0.25, 0.3) is 38.6 Å². The van der Waals surface area contributed by atoms with E-state index in [1.54, 1.807) is 29.1 Å². The number of rotatable bonds is 5. The van der Waals surface area contributed by atoms with Gasteiger partial charge in [-0.3, -0.25) is 14.0 Å². The summed E-state index contributed by atoms with van der Waals surface area (Å²) < 4.78 is 50.5. The van der Waals surface area contributed by atoms with Gasteiger partial charge >= 0.3 is 6.36 Å². The molecule has 0 atom stereocenters. The SMILES string of the molecule is CCOc1ccc2cn(-c3ccc4nn(C)cc4c3)c(=O)c(-c3ccc(OC(F)(F)F)cc3)c2n1. The summed E-state index contributed by atoms with van der Waals surface area (Å²) in [6, 6.07) is 14.1. The van der Waals surface area contributed by atoms with Gasteiger partial charge in [0.25, 0.3) is 5.56 Å². The molecule has 35 heavy (non-hydrogen) atoms. The van der Waals surface area contributed by atoms with E-state index in [1.165, 1.54) is 28.8 Å². The van der Waals surface area contributed by atoms with Crippen LogP contribution in [-0.2, 0) is 7.05 Å². The van der Waals surface area contributed by atoms with Crippen LogP contribution in [-0.4, -0.2) is 32.3 Å². The molecule has 0 saturated carbocycles. The van der Waals surface area contributed by atoms with E-state index in [2.05, 4.69) is 14.8 Å². The molecule has 10 heteroatoms. The molecule has 0 N–H and O–H groups in total. The van der Waals surface area contributed by atoms with Crippen molar-refractivity contribution in [3.63, 3.8) is 0 Å². The third kappa shape index (κ3) is 4.42. The van der Waals surface area contributed by atoms with Crippen LogP contribution in [0.1, 0.15) is 6.92 Å². The van der Waals surface area contributed by atoms with Gasteiger partial charge < -0.3 is 9.47 Å². The molecule has 3 aromatic heterocycles. The van der Waals surface area contributed by atoms with E-state index in [9.17, 15) is 18.0 Å². The van der Waals surface area contributed by atoms with Gasteiger partial charge in [0, 0.05) is 42.0 Å². The van der Waals surface area contributed by atoms with Crippen LogP contribution in [0.3, 0.4) is 0 Å². The number of hydrogen-bond donors (Lipinski definition) is 0. The van der Waals surface area contributed by atoms with Crippen LogP contribution in [0.5, 0.6) is 11.6 Å². The summed E-state index contributed by atoms with van der Waals surface area (Å²) in [7, 11) is 1.81. The third-order valence-corrected chi connectivity index (χ3v) is 5.39. The largest absolute Gasteiger partial charge is 0.573 e. The number of ether oxygens (including phenoxy) is 2. The van der Waals surface area contributed by atoms with Crippen LogP contribution in [0.2, 0.25) is 0 Å². The molecule has 178 valence electrons. The maximum atomic E-state index is 13.8. The van der Waals surface area contributed by atoms with Gasteiger partial charge in [-0.15, -0.1) is 13.2 Å². The lowest BCUT2D eigenvalue weighted by atomic mass is 10.0. The van der Waals surface area contributed by atoms with Gasteiger partial charge in [0.1, 0.15) is 5.75 Å². The first-order valence-electron chi connectivity index (χ1n) is 10.7. The van der Waals surface area contributed by atoms with Gasteiger partial charge in [-0.1, -0.05) is 12.1 Å². The second-order valence-electron chi connectivity index (χ2n) is 7.82. The summed E-state index contributed by atoms with van der Waals surface area (Å²) in [6.07, 6.45) is -1.28. The number of fused-ring (bicyclic) bond motifs is 2. The monoisotopic (exact) mass is 480 g/mol. The summed E-state index contributed by atoms with van der Waals surface area (Å²) in [5, 5.41) is 5.88. The number of benzene rings is 2. The standard InChI is InChI=1S/C25H19F3N4O3/c1-3-34-21-11-6-16-14-32(18-7-10-20-17(12-18)13-31(2)30-20)24(33)22(23(16)29-21)15-4-8-19(9-5-15)35-25(26,27)28/h4-14H,3H2,1-2H3. The fourth-order valence-corrected chi connectivity index (χ4v) is 3.97. The first-order chi connectivity index (χ1) is 16.7. The Kier molecular flexibility index (Phi) is 5.43. The lowest BCUT2D eigenvalue weighted by Crippen LogP contribution is -2.20. The Morgan fingerprint density at radius 2 is 1.74 bits per heavy atom. The molecule has 0 aliphatic carbocycles. The smallest absolute Gasteiger partial charge is 0.478 e. The first-order valence-corrected chi connectivity index (χ1v) is 10.7. The Labute approximate surface area is 197 Å². The zero-order chi connectivity index (χ0) is 24.7. The van der Waals surface area contributed by atoms with Gasteiger partial charge in [-0.2, -0.15) is 5.10 Å². The van der Waals surface area contributed by atoms with Crippen molar-refractivity contribution in [2.24, 2.45) is 7.05 Å². The van der Waals surface area contributed by atoms with E-state index in [-0.39, 0.29) is 16.9 Å². The van der Waals surface area contributed by atoms with Crippen LogP contribution < -0.4 is 15.0 Å². The number of aryl methyl sites for hydroxylation is 1. The molecule has 3 heterocycles. The van der Waals surface area contributed by atoms with Crippen LogP contribution >= 0.6 is 0 Å². The molecular weight excluding hydrogens is 461 g/mol. The van der Waals surface area contributed by atoms with Crippen molar-refractivity contribution >= 4 is 21.8 Å². The highest BCUT2D eigenvalue weighted by Crippen LogP contribution is 2.30. The second-order valence-corrected chi connectivity index (χ2v) is 7.82. The van der Waals surface area contributed by atoms with Crippen LogP contribution in [0, 0.1) is 0 Å². The second kappa shape index (κ2) is 8.46. The molecular formula is C25H19F3N4O3. The summed E-state index contributed by atoms with van der Waals surface area (Å²) in [6.45, 7) is 2.21. The summed E-state index contributed by atoms with van der Waals surface area (Å²) in [5.41, 5.74) is 2.02. The van der Waals surface area contributed by atoms with Gasteiger partial charge in [0.05, 0.1) is 23.2 Å². The number of nitrogens with zero attached hydrogens (tertiary/aromatic N) is 4. The lowest BCUT2D eigenvalue weighted by molar-refractivity contribution is -0.274. The van der Waals surface area contributed by atoms with Crippen molar-refractivity contribution in [2.45, 2.75) is 13.3 Å². The average Bonchev–Trinajstić information content (AvgIpc) is 3.18. The van der Waals surface area contributed by atoms with E-state index in [0.717, 1.165) is 10.9 Å². The number of aromatic nitrogens is 4. The molecule has 0 radical (unpaired) electrons. The van der Waals surface area contributed by atoms with E-state index in [1.807, 2.05) is 32.3 Å². The van der Waals surface area contributed by atoms with Gasteiger partial charge in [0.15, 0.2) is 0 Å². The number of pyridine rings is 2. The van der Waals surface area contributed by atoms with E-state index < -0.39 is 6.36 Å². The van der Waals surface area contributed by atoms with E-state index >= 15 is 0 Å². The van der Waals surface area contributed by atoms with Crippen LogP contribution in [0.4, 0.5) is 13.2 Å². The Morgan fingerprint density at radius 3 is 2.46 bits per heavy atom. The molecule has 2 aromatic carbocycles. The fourth-order valence-electron chi connectivity index (χ4n) is 3.97. The number of hydrogen-bond acceptors (Lipinski definition) is 5. The minimum absolute atomic E-state index is 0.230. The van der Waals surface area contributed by atoms with Crippen molar-refractivity contribution < 1.29 is 22.6 Å². The average molecular weight is 480 g/mol. The Balaban J connectivity index is 1.72. The molecule has 0 fully saturated rings. The van der Waals surface area contributed by atoms with Gasteiger partial charge in [0.2, 0.25) is 5.88 Å². The molecule has 0 amide bonds. The molecule has 0 spiro atoms. The lowest BCUT2D eigenvalue weighted by Gasteiger charge is -2.14. The predicted molar refractivity (Wildman–Crippen MR) is 125 cm³/mol. The topological polar surface area (TPSA) is 71.2 Å². The van der Waals surface area contributed by atoms with Crippen molar-refractivity contribution in [3.05, 3.63) is 77.3 Å². The highest BCUT2D eigenvalue weighted by atomic mass is 19.4. The molecule has 7 nitrogen and oxygen atoms in total. The molecule has 0 bridgehead atoms. The van der Waals surface area contributed by atoms with Crippen molar-refractivity contribution in [2.75, 3.05) is 6.61 Å². The molecule has 0 aliphatic rings. The molecule has 5 aromatic rings. The third-order valence-electron chi connectivity index (χ3n) is 5.39. The normalized spacial score (nSPS) is 11.8. The van der Waals surface area contributed by atoms with Gasteiger partial charge in [-0.05, 0) is 48.9 Å². The predicted octanol–water partition coefficient (Wildman–Crippen LogP) is 5.24. The van der Waals surface area contributed by atoms with Crippen molar-refractivity contribution in [1.82, 2.24) is 19.3 Å². The summed E-state index contributed by atoms with van der Waals surface area (Å²) in [4.78, 5) is 18.3. The van der Waals surface area contributed by atoms with Crippen LogP contribution in [0.15, 0.2) is 71.8 Å². The van der Waals surface area contributed by atoms with E-state index in [0.29, 0.717) is 34.6 Å². The summed E-state index contributed by atoms with van der Waals surface area (Å²) >= 11 is 0. The van der Waals surface area contributed by atoms with Gasteiger partial charge in [-0.25, -0.2) is 4.98 Å². The van der Waals surface area contributed by atoms with Crippen molar-refractivity contribution in [1.29, 1.82) is 0 Å². The summed E-state index contributed by atoms with van der Waals surface area (Å²) in [5.74, 6) is -0.0426. The maximum absolute atomic E-state index is 13.8. The minimum atomic E-state index is -4.81. The highest BCUT2D eigenvalue weighted by Gasteiger charge is 2.31. The Morgan fingerprint density at radius 1 is 0.971 bits per heavy atom. The van der Waals surface area contributed by atoms with E-state index in [4.69, 9.17) is 4.74 Å². The van der Waals surface area contributed by atoms with Crippen molar-refractivity contribution in [3.8, 4) is 28.4 Å². The molecule has 0 saturated heterocycles. The zero-order valence-electron chi connectivity index (χ0n) is 18.7. The molecule has 5 rings (SSSR count). The Bertz CT molecular complexity index is 1610. The molecule has 0 aliphatic heterocycles. The maximum Gasteiger partial charge on any atom is 0.573 e. The Hall–Kier alpha value is -4.34. The minimum Gasteiger partial charge on any atom is -0.478 e. The fraction of sp³-hybridized carbons (Fsp3) is 0.160. The number of halogens is 3.